The van der Waals surface area contributed by atoms with E-state index in [2.05, 4.69) is 4.98 Å². The highest BCUT2D eigenvalue weighted by molar-refractivity contribution is 5.79. The molecule has 0 unspecified atom stereocenters. The monoisotopic (exact) mass is 240 g/mol. The molecule has 0 radical (unpaired) electrons. The van der Waals surface area contributed by atoms with Crippen LogP contribution >= 0.6 is 0 Å². The van der Waals surface area contributed by atoms with E-state index in [1.54, 1.807) is 20.9 Å². The predicted molar refractivity (Wildman–Crippen MR) is 59.3 cm³/mol. The van der Waals surface area contributed by atoms with Gasteiger partial charge in [-0.15, -0.1) is 0 Å². The van der Waals surface area contributed by atoms with Crippen molar-refractivity contribution in [1.29, 1.82) is 0 Å². The molecule has 1 aromatic rings. The van der Waals surface area contributed by atoms with Crippen LogP contribution in [0.4, 0.5) is 0 Å². The second-order valence-electron chi connectivity index (χ2n) is 4.49. The van der Waals surface area contributed by atoms with Crippen LogP contribution in [0.5, 0.6) is 0 Å². The first-order valence-corrected chi connectivity index (χ1v) is 5.18. The van der Waals surface area contributed by atoms with Crippen LogP contribution in [0, 0.1) is 0 Å². The minimum atomic E-state index is -0.934. The molecule has 0 aromatic carbocycles. The molecule has 0 aliphatic rings. The third-order valence-electron chi connectivity index (χ3n) is 2.68. The first kappa shape index (κ1) is 13.2. The van der Waals surface area contributed by atoms with Crippen molar-refractivity contribution in [2.75, 3.05) is 7.05 Å². The third kappa shape index (κ3) is 3.58. The summed E-state index contributed by atoms with van der Waals surface area (Å²) in [6, 6.07) is 0. The SMILES string of the molecule is CN(C(=O)Cc1cocn1)C(C)(C)CC(=O)O. The van der Waals surface area contributed by atoms with E-state index in [0.717, 1.165) is 0 Å². The molecular formula is C11H16N2O4. The Morgan fingerprint density at radius 2 is 2.18 bits per heavy atom. The van der Waals surface area contributed by atoms with Gasteiger partial charge in [-0.3, -0.25) is 9.59 Å². The molecule has 0 bridgehead atoms. The number of rotatable bonds is 5. The van der Waals surface area contributed by atoms with E-state index < -0.39 is 11.5 Å². The Balaban J connectivity index is 2.65. The van der Waals surface area contributed by atoms with Crippen molar-refractivity contribution in [2.24, 2.45) is 0 Å². The molecule has 17 heavy (non-hydrogen) atoms. The van der Waals surface area contributed by atoms with Gasteiger partial charge in [-0.05, 0) is 13.8 Å². The topological polar surface area (TPSA) is 83.6 Å². The molecule has 1 aromatic heterocycles. The second-order valence-corrected chi connectivity index (χ2v) is 4.49. The summed E-state index contributed by atoms with van der Waals surface area (Å²) in [6.07, 6.45) is 2.66. The largest absolute Gasteiger partial charge is 0.481 e. The van der Waals surface area contributed by atoms with Crippen molar-refractivity contribution in [3.8, 4) is 0 Å². The lowest BCUT2D eigenvalue weighted by molar-refractivity contribution is -0.142. The number of aromatic nitrogens is 1. The number of amides is 1. The number of carbonyl (C=O) groups is 2. The Kier molecular flexibility index (Phi) is 3.88. The number of aliphatic carboxylic acids is 1. The van der Waals surface area contributed by atoms with E-state index in [1.165, 1.54) is 17.6 Å². The zero-order valence-electron chi connectivity index (χ0n) is 10.1. The molecule has 1 rings (SSSR count). The minimum Gasteiger partial charge on any atom is -0.481 e. The molecule has 0 atom stereocenters. The van der Waals surface area contributed by atoms with Crippen LogP contribution in [-0.2, 0) is 16.0 Å². The van der Waals surface area contributed by atoms with Crippen LogP contribution in [0.2, 0.25) is 0 Å². The summed E-state index contributed by atoms with van der Waals surface area (Å²) in [6.45, 7) is 3.42. The van der Waals surface area contributed by atoms with Gasteiger partial charge >= 0.3 is 5.97 Å². The molecule has 0 fully saturated rings. The number of hydrogen-bond donors (Lipinski definition) is 1. The number of carbonyl (C=O) groups excluding carboxylic acids is 1. The van der Waals surface area contributed by atoms with Crippen molar-refractivity contribution in [3.05, 3.63) is 18.4 Å². The van der Waals surface area contributed by atoms with Gasteiger partial charge in [0, 0.05) is 12.6 Å². The average molecular weight is 240 g/mol. The van der Waals surface area contributed by atoms with Crippen molar-refractivity contribution < 1.29 is 19.1 Å². The molecule has 1 amide bonds. The van der Waals surface area contributed by atoms with Gasteiger partial charge in [0.05, 0.1) is 18.5 Å². The maximum absolute atomic E-state index is 11.9. The molecule has 0 aliphatic carbocycles. The van der Waals surface area contributed by atoms with Gasteiger partial charge in [0.2, 0.25) is 5.91 Å². The minimum absolute atomic E-state index is 0.103. The number of nitrogens with zero attached hydrogens (tertiary/aromatic N) is 2. The van der Waals surface area contributed by atoms with Crippen molar-refractivity contribution >= 4 is 11.9 Å². The van der Waals surface area contributed by atoms with Crippen LogP contribution in [0.25, 0.3) is 0 Å². The van der Waals surface area contributed by atoms with Crippen LogP contribution in [0.1, 0.15) is 26.0 Å². The fraction of sp³-hybridized carbons (Fsp3) is 0.545. The summed E-state index contributed by atoms with van der Waals surface area (Å²) in [7, 11) is 1.59. The molecule has 1 N–H and O–H groups in total. The van der Waals surface area contributed by atoms with Crippen molar-refractivity contribution in [1.82, 2.24) is 9.88 Å². The number of hydrogen-bond acceptors (Lipinski definition) is 4. The maximum atomic E-state index is 11.9. The Bertz CT molecular complexity index is 398. The third-order valence-corrected chi connectivity index (χ3v) is 2.68. The van der Waals surface area contributed by atoms with Crippen molar-refractivity contribution in [3.63, 3.8) is 0 Å². The molecule has 0 aliphatic heterocycles. The highest BCUT2D eigenvalue weighted by Gasteiger charge is 2.30. The quantitative estimate of drug-likeness (QED) is 0.827. The summed E-state index contributed by atoms with van der Waals surface area (Å²) >= 11 is 0. The summed E-state index contributed by atoms with van der Waals surface area (Å²) in [5.74, 6) is -1.12. The highest BCUT2D eigenvalue weighted by atomic mass is 16.4. The van der Waals surface area contributed by atoms with Gasteiger partial charge in [0.25, 0.3) is 0 Å². The fourth-order valence-electron chi connectivity index (χ4n) is 1.42. The zero-order chi connectivity index (χ0) is 13.1. The van der Waals surface area contributed by atoms with Crippen molar-refractivity contribution in [2.45, 2.75) is 32.2 Å². The zero-order valence-corrected chi connectivity index (χ0v) is 10.1. The van der Waals surface area contributed by atoms with Gasteiger partial charge in [-0.25, -0.2) is 4.98 Å². The van der Waals surface area contributed by atoms with Crippen LogP contribution in [0.3, 0.4) is 0 Å². The molecule has 1 heterocycles. The summed E-state index contributed by atoms with van der Waals surface area (Å²) < 4.78 is 4.77. The molecule has 0 spiro atoms. The molecule has 6 nitrogen and oxygen atoms in total. The molecule has 94 valence electrons. The Labute approximate surface area is 99.2 Å². The van der Waals surface area contributed by atoms with E-state index >= 15 is 0 Å². The van der Waals surface area contributed by atoms with Gasteiger partial charge in [0.15, 0.2) is 6.39 Å². The second kappa shape index (κ2) is 4.99. The molecule has 0 saturated carbocycles. The van der Waals surface area contributed by atoms with E-state index in [0.29, 0.717) is 5.69 Å². The van der Waals surface area contributed by atoms with Gasteiger partial charge in [-0.1, -0.05) is 0 Å². The van der Waals surface area contributed by atoms with E-state index in [9.17, 15) is 9.59 Å². The summed E-state index contributed by atoms with van der Waals surface area (Å²) in [5.41, 5.74) is -0.194. The van der Waals surface area contributed by atoms with Crippen LogP contribution in [0.15, 0.2) is 17.1 Å². The smallest absolute Gasteiger partial charge is 0.305 e. The Morgan fingerprint density at radius 3 is 2.65 bits per heavy atom. The molecular weight excluding hydrogens is 224 g/mol. The lowest BCUT2D eigenvalue weighted by Crippen LogP contribution is -2.47. The number of likely N-dealkylation sites (N-methyl/N-ethyl adjacent to an activating group) is 1. The van der Waals surface area contributed by atoms with E-state index in [1.807, 2.05) is 0 Å². The van der Waals surface area contributed by atoms with Crippen LogP contribution in [-0.4, -0.2) is 39.5 Å². The van der Waals surface area contributed by atoms with E-state index in [-0.39, 0.29) is 18.7 Å². The van der Waals surface area contributed by atoms with E-state index in [4.69, 9.17) is 9.52 Å². The van der Waals surface area contributed by atoms with Gasteiger partial charge in [0.1, 0.15) is 6.26 Å². The number of oxazole rings is 1. The normalized spacial score (nSPS) is 11.2. The fourth-order valence-corrected chi connectivity index (χ4v) is 1.42. The number of carboxylic acid groups (broad SMARTS) is 1. The lowest BCUT2D eigenvalue weighted by Gasteiger charge is -2.34. The van der Waals surface area contributed by atoms with Gasteiger partial charge < -0.3 is 14.4 Å². The predicted octanol–water partition coefficient (Wildman–Crippen LogP) is 0.929. The Morgan fingerprint density at radius 1 is 1.53 bits per heavy atom. The average Bonchev–Trinajstić information content (AvgIpc) is 2.67. The summed E-state index contributed by atoms with van der Waals surface area (Å²) in [5, 5.41) is 8.77. The standard InChI is InChI=1S/C11H16N2O4/c1-11(2,5-10(15)16)13(3)9(14)4-8-6-17-7-12-8/h6-7H,4-5H2,1-3H3,(H,15,16). The highest BCUT2D eigenvalue weighted by Crippen LogP contribution is 2.18. The first-order valence-electron chi connectivity index (χ1n) is 5.18. The van der Waals surface area contributed by atoms with Gasteiger partial charge in [-0.2, -0.15) is 0 Å². The lowest BCUT2D eigenvalue weighted by atomic mass is 9.98. The Hall–Kier alpha value is -1.85. The molecule has 0 saturated heterocycles. The van der Waals surface area contributed by atoms with Crippen LogP contribution < -0.4 is 0 Å². The summed E-state index contributed by atoms with van der Waals surface area (Å²) in [4.78, 5) is 27.9. The first-order chi connectivity index (χ1) is 7.83. The maximum Gasteiger partial charge on any atom is 0.305 e. The number of carboxylic acids is 1. The molecule has 6 heteroatoms.